The molecule has 0 unspecified atom stereocenters. The van der Waals surface area contributed by atoms with Crippen molar-refractivity contribution in [2.45, 2.75) is 0 Å². The molecule has 2 heterocycles. The molecule has 22 heavy (non-hydrogen) atoms. The summed E-state index contributed by atoms with van der Waals surface area (Å²) in [6.07, 6.45) is 0. The lowest BCUT2D eigenvalue weighted by Crippen LogP contribution is -2.18. The number of nitrogens with two attached hydrogens (primary N) is 1. The monoisotopic (exact) mass is 354 g/mol. The van der Waals surface area contributed by atoms with Gasteiger partial charge in [0.2, 0.25) is 11.7 Å². The van der Waals surface area contributed by atoms with Crippen LogP contribution in [0.4, 0.5) is 4.79 Å². The van der Waals surface area contributed by atoms with E-state index in [9.17, 15) is 14.7 Å². The van der Waals surface area contributed by atoms with Crippen molar-refractivity contribution in [1.29, 1.82) is 0 Å². The van der Waals surface area contributed by atoms with Crippen LogP contribution in [0.5, 0.6) is 5.88 Å². The molecule has 1 aromatic carbocycles. The molecule has 2 aromatic heterocycles. The predicted octanol–water partition coefficient (Wildman–Crippen LogP) is 3.87. The Morgan fingerprint density at radius 1 is 1.18 bits per heavy atom. The first kappa shape index (κ1) is 14.9. The highest BCUT2D eigenvalue weighted by Crippen LogP contribution is 2.35. The molecule has 0 spiro atoms. The van der Waals surface area contributed by atoms with E-state index in [1.165, 1.54) is 18.2 Å². The summed E-state index contributed by atoms with van der Waals surface area (Å²) in [5.41, 5.74) is 5.55. The van der Waals surface area contributed by atoms with E-state index in [0.717, 1.165) is 15.9 Å². The normalized spacial score (nSPS) is 11.0. The SMILES string of the molecule is NC(=O)n1c(O)c(C(=O)c2cc(Cl)cs2)c2cc(Cl)ccc21. The van der Waals surface area contributed by atoms with Gasteiger partial charge in [-0.2, -0.15) is 0 Å². The quantitative estimate of drug-likeness (QED) is 0.684. The number of amides is 1. The standard InChI is InChI=1S/C14H8Cl2N2O3S/c15-6-1-2-9-8(3-6)11(13(20)18(9)14(17)21)12(19)10-4-7(16)5-22-10/h1-5,20H,(H2,17,21). The summed E-state index contributed by atoms with van der Waals surface area (Å²) in [4.78, 5) is 24.5. The molecule has 0 bridgehead atoms. The molecule has 112 valence electrons. The second-order valence-electron chi connectivity index (χ2n) is 4.49. The van der Waals surface area contributed by atoms with E-state index < -0.39 is 17.7 Å². The van der Waals surface area contributed by atoms with Gasteiger partial charge in [0.1, 0.15) is 0 Å². The van der Waals surface area contributed by atoms with Crippen molar-refractivity contribution >= 4 is 57.3 Å². The second kappa shape index (κ2) is 5.31. The van der Waals surface area contributed by atoms with Crippen molar-refractivity contribution in [2.24, 2.45) is 5.73 Å². The maximum absolute atomic E-state index is 12.6. The van der Waals surface area contributed by atoms with Gasteiger partial charge >= 0.3 is 6.03 Å². The molecule has 1 amide bonds. The van der Waals surface area contributed by atoms with Gasteiger partial charge in [-0.1, -0.05) is 23.2 Å². The van der Waals surface area contributed by atoms with Crippen molar-refractivity contribution in [2.75, 3.05) is 0 Å². The fourth-order valence-electron chi connectivity index (χ4n) is 2.25. The molecule has 0 aliphatic rings. The zero-order valence-corrected chi connectivity index (χ0v) is 13.2. The third-order valence-corrected chi connectivity index (χ3v) is 4.65. The van der Waals surface area contributed by atoms with E-state index in [1.807, 2.05) is 0 Å². The van der Waals surface area contributed by atoms with Crippen LogP contribution < -0.4 is 5.73 Å². The first-order chi connectivity index (χ1) is 10.4. The van der Waals surface area contributed by atoms with Crippen molar-refractivity contribution in [3.05, 3.63) is 50.1 Å². The summed E-state index contributed by atoms with van der Waals surface area (Å²) in [6.45, 7) is 0. The van der Waals surface area contributed by atoms with E-state index >= 15 is 0 Å². The third-order valence-electron chi connectivity index (χ3n) is 3.14. The van der Waals surface area contributed by atoms with E-state index in [1.54, 1.807) is 11.4 Å². The van der Waals surface area contributed by atoms with Gasteiger partial charge in [-0.3, -0.25) is 4.79 Å². The van der Waals surface area contributed by atoms with Gasteiger partial charge in [0.05, 0.1) is 21.0 Å². The van der Waals surface area contributed by atoms with Crippen LogP contribution in [0.25, 0.3) is 10.9 Å². The first-order valence-corrected chi connectivity index (χ1v) is 7.65. The van der Waals surface area contributed by atoms with Crippen molar-refractivity contribution in [3.8, 4) is 5.88 Å². The maximum Gasteiger partial charge on any atom is 0.326 e. The van der Waals surface area contributed by atoms with Crippen molar-refractivity contribution < 1.29 is 14.7 Å². The number of benzene rings is 1. The number of rotatable bonds is 2. The maximum atomic E-state index is 12.6. The number of carbonyl (C=O) groups is 2. The number of primary amides is 1. The molecule has 3 aromatic rings. The molecule has 8 heteroatoms. The van der Waals surface area contributed by atoms with Gasteiger partial charge in [-0.25, -0.2) is 9.36 Å². The molecular weight excluding hydrogens is 347 g/mol. The number of fused-ring (bicyclic) bond motifs is 1. The average Bonchev–Trinajstić information content (AvgIpc) is 2.98. The Hall–Kier alpha value is -2.02. The first-order valence-electron chi connectivity index (χ1n) is 6.01. The number of nitrogens with zero attached hydrogens (tertiary/aromatic N) is 1. The molecular formula is C14H8Cl2N2O3S. The fourth-order valence-corrected chi connectivity index (χ4v) is 3.44. The van der Waals surface area contributed by atoms with Crippen LogP contribution in [0.2, 0.25) is 10.0 Å². The third kappa shape index (κ3) is 2.25. The molecule has 0 aliphatic heterocycles. The number of ketones is 1. The van der Waals surface area contributed by atoms with Gasteiger partial charge in [0.25, 0.3) is 0 Å². The van der Waals surface area contributed by atoms with Gasteiger partial charge in [-0.15, -0.1) is 11.3 Å². The zero-order valence-electron chi connectivity index (χ0n) is 10.8. The topological polar surface area (TPSA) is 85.3 Å². The lowest BCUT2D eigenvalue weighted by atomic mass is 10.1. The minimum absolute atomic E-state index is 0.0326. The number of hydrogen-bond acceptors (Lipinski definition) is 4. The highest BCUT2D eigenvalue weighted by Gasteiger charge is 2.26. The van der Waals surface area contributed by atoms with Crippen LogP contribution in [0.3, 0.4) is 0 Å². The van der Waals surface area contributed by atoms with Crippen LogP contribution in [0, 0.1) is 0 Å². The molecule has 3 N–H and O–H groups in total. The number of thiophene rings is 1. The molecule has 0 fully saturated rings. The van der Waals surface area contributed by atoms with Crippen molar-refractivity contribution in [1.82, 2.24) is 4.57 Å². The van der Waals surface area contributed by atoms with E-state index in [0.29, 0.717) is 25.8 Å². The Bertz CT molecular complexity index is 930. The lowest BCUT2D eigenvalue weighted by Gasteiger charge is -2.00. The van der Waals surface area contributed by atoms with Crippen LogP contribution in [0.1, 0.15) is 15.2 Å². The van der Waals surface area contributed by atoms with E-state index in [-0.39, 0.29) is 5.56 Å². The van der Waals surface area contributed by atoms with Gasteiger partial charge in [0, 0.05) is 15.8 Å². The Morgan fingerprint density at radius 3 is 2.50 bits per heavy atom. The molecule has 0 saturated carbocycles. The summed E-state index contributed by atoms with van der Waals surface area (Å²) < 4.78 is 0.869. The predicted molar refractivity (Wildman–Crippen MR) is 86.4 cm³/mol. The number of aromatic nitrogens is 1. The Labute approximate surface area is 138 Å². The summed E-state index contributed by atoms with van der Waals surface area (Å²) in [6, 6.07) is 5.15. The number of halogens is 2. The summed E-state index contributed by atoms with van der Waals surface area (Å²) in [5.74, 6) is -0.971. The van der Waals surface area contributed by atoms with Gasteiger partial charge < -0.3 is 10.8 Å². The highest BCUT2D eigenvalue weighted by molar-refractivity contribution is 7.12. The van der Waals surface area contributed by atoms with Gasteiger partial charge in [-0.05, 0) is 24.3 Å². The Morgan fingerprint density at radius 2 is 1.91 bits per heavy atom. The average molecular weight is 355 g/mol. The number of aromatic hydroxyl groups is 1. The van der Waals surface area contributed by atoms with Crippen LogP contribution >= 0.6 is 34.5 Å². The summed E-state index contributed by atoms with van der Waals surface area (Å²) in [5, 5.41) is 13.0. The van der Waals surface area contributed by atoms with Crippen LogP contribution in [0.15, 0.2) is 29.6 Å². The molecule has 0 atom stereocenters. The van der Waals surface area contributed by atoms with Crippen LogP contribution in [-0.2, 0) is 0 Å². The molecule has 5 nitrogen and oxygen atoms in total. The minimum Gasteiger partial charge on any atom is -0.494 e. The number of hydrogen-bond donors (Lipinski definition) is 2. The summed E-state index contributed by atoms with van der Waals surface area (Å²) >= 11 is 12.9. The highest BCUT2D eigenvalue weighted by atomic mass is 35.5. The van der Waals surface area contributed by atoms with E-state index in [4.69, 9.17) is 28.9 Å². The fraction of sp³-hybridized carbons (Fsp3) is 0. The summed E-state index contributed by atoms with van der Waals surface area (Å²) in [7, 11) is 0. The Balaban J connectivity index is 2.33. The second-order valence-corrected chi connectivity index (χ2v) is 6.28. The van der Waals surface area contributed by atoms with Crippen molar-refractivity contribution in [3.63, 3.8) is 0 Å². The smallest absolute Gasteiger partial charge is 0.326 e. The van der Waals surface area contributed by atoms with Gasteiger partial charge in [0.15, 0.2) is 0 Å². The molecule has 0 aliphatic carbocycles. The molecule has 3 rings (SSSR count). The minimum atomic E-state index is -0.895. The zero-order chi connectivity index (χ0) is 16.0. The van der Waals surface area contributed by atoms with E-state index in [2.05, 4.69) is 0 Å². The lowest BCUT2D eigenvalue weighted by molar-refractivity contribution is 0.104. The molecule has 0 saturated heterocycles. The number of carbonyl (C=O) groups excluding carboxylic acids is 2. The Kier molecular flexibility index (Phi) is 3.60. The molecule has 0 radical (unpaired) electrons. The van der Waals surface area contributed by atoms with Crippen LogP contribution in [-0.4, -0.2) is 21.5 Å². The largest absolute Gasteiger partial charge is 0.494 e.